The number of hydrogen-bond donors (Lipinski definition) is 0. The number of piperidine rings is 1. The maximum atomic E-state index is 4.44. The Bertz CT molecular complexity index is 544. The average molecular weight is 261 g/mol. The summed E-state index contributed by atoms with van der Waals surface area (Å²) in [4.78, 5) is 4.73. The summed E-state index contributed by atoms with van der Waals surface area (Å²) < 4.78 is 1.48. The first-order chi connectivity index (χ1) is 9.28. The zero-order valence-electron chi connectivity index (χ0n) is 11.4. The van der Waals surface area contributed by atoms with E-state index in [4.69, 9.17) is 0 Å². The summed E-state index contributed by atoms with van der Waals surface area (Å²) >= 11 is 0. The van der Waals surface area contributed by atoms with E-state index in [1.165, 1.54) is 30.6 Å². The van der Waals surface area contributed by atoms with Crippen LogP contribution in [0.5, 0.6) is 0 Å². The predicted octanol–water partition coefficient (Wildman–Crippen LogP) is 0.440. The van der Waals surface area contributed by atoms with Gasteiger partial charge in [0.2, 0.25) is 0 Å². The van der Waals surface area contributed by atoms with Gasteiger partial charge in [0.05, 0.1) is 0 Å². The molecule has 2 aromatic rings. The number of nitrogens with zero attached hydrogens (tertiary/aromatic N) is 7. The highest BCUT2D eigenvalue weighted by Gasteiger charge is 2.22. The lowest BCUT2D eigenvalue weighted by atomic mass is 10.0. The molecule has 1 saturated heterocycles. The molecule has 2 aromatic heterocycles. The highest BCUT2D eigenvalue weighted by atomic mass is 15.6. The Hall–Kier alpha value is -1.76. The van der Waals surface area contributed by atoms with Gasteiger partial charge in [-0.3, -0.25) is 0 Å². The van der Waals surface area contributed by atoms with Crippen molar-refractivity contribution in [1.82, 2.24) is 30.2 Å². The molecule has 3 rings (SSSR count). The highest BCUT2D eigenvalue weighted by molar-refractivity contribution is 5.44. The fourth-order valence-corrected chi connectivity index (χ4v) is 2.64. The van der Waals surface area contributed by atoms with E-state index in [-0.39, 0.29) is 0 Å². The van der Waals surface area contributed by atoms with Crippen LogP contribution in [0.2, 0.25) is 0 Å². The van der Waals surface area contributed by atoms with Gasteiger partial charge in [-0.05, 0) is 41.9 Å². The zero-order valence-corrected chi connectivity index (χ0v) is 11.4. The second-order valence-corrected chi connectivity index (χ2v) is 4.99. The Labute approximate surface area is 112 Å². The van der Waals surface area contributed by atoms with E-state index in [2.05, 4.69) is 44.4 Å². The topological polar surface area (TPSA) is 62.5 Å². The Morgan fingerprint density at radius 1 is 1.32 bits per heavy atom. The largest absolute Gasteiger partial charge is 0.355 e. The number of rotatable bonds is 3. The predicted molar refractivity (Wildman–Crippen MR) is 72.1 cm³/mol. The molecule has 0 radical (unpaired) electrons. The van der Waals surface area contributed by atoms with Gasteiger partial charge < -0.3 is 9.80 Å². The van der Waals surface area contributed by atoms with Gasteiger partial charge >= 0.3 is 0 Å². The third-order valence-corrected chi connectivity index (χ3v) is 3.97. The smallest absolute Gasteiger partial charge is 0.200 e. The first-order valence-electron chi connectivity index (χ1n) is 6.78. The van der Waals surface area contributed by atoms with Gasteiger partial charge in [0.1, 0.15) is 0 Å². The van der Waals surface area contributed by atoms with Crippen LogP contribution in [0.1, 0.15) is 19.8 Å². The van der Waals surface area contributed by atoms with E-state index in [9.17, 15) is 0 Å². The number of fused-ring (bicyclic) bond motifs is 1. The first-order valence-corrected chi connectivity index (χ1v) is 6.78. The van der Waals surface area contributed by atoms with E-state index in [0.29, 0.717) is 11.7 Å². The minimum atomic E-state index is 0.546. The molecule has 0 atom stereocenters. The number of tetrazole rings is 1. The normalized spacial score (nSPS) is 18.0. The van der Waals surface area contributed by atoms with Gasteiger partial charge in [0.15, 0.2) is 11.5 Å². The van der Waals surface area contributed by atoms with Crippen molar-refractivity contribution < 1.29 is 0 Å². The fraction of sp³-hybridized carbons (Fsp3) is 0.667. The van der Waals surface area contributed by atoms with Gasteiger partial charge in [0, 0.05) is 26.2 Å². The number of anilines is 1. The summed E-state index contributed by atoms with van der Waals surface area (Å²) in [6.07, 6.45) is 2.36. The Morgan fingerprint density at radius 3 is 2.84 bits per heavy atom. The Kier molecular flexibility index (Phi) is 3.29. The number of likely N-dealkylation sites (tertiary alicyclic amines) is 1. The van der Waals surface area contributed by atoms with Gasteiger partial charge in [-0.15, -0.1) is 14.8 Å². The standard InChI is InChI=1S/C12H19N7/c1-3-18-8-6-10(7-9-18)17(2)12-5-4-11-13-15-16-19(11)14-12/h4-5,10H,3,6-9H2,1-2H3. The molecular formula is C12H19N7. The minimum absolute atomic E-state index is 0.546. The van der Waals surface area contributed by atoms with Gasteiger partial charge in [-0.25, -0.2) is 0 Å². The molecule has 1 aliphatic heterocycles. The van der Waals surface area contributed by atoms with Crippen molar-refractivity contribution in [3.63, 3.8) is 0 Å². The Balaban J connectivity index is 1.74. The molecule has 1 fully saturated rings. The van der Waals surface area contributed by atoms with Crippen LogP contribution in [-0.4, -0.2) is 62.9 Å². The second-order valence-electron chi connectivity index (χ2n) is 4.99. The summed E-state index contributed by atoms with van der Waals surface area (Å²) in [5.74, 6) is 0.926. The second kappa shape index (κ2) is 5.08. The van der Waals surface area contributed by atoms with Gasteiger partial charge in [0.25, 0.3) is 0 Å². The van der Waals surface area contributed by atoms with Crippen LogP contribution in [0.3, 0.4) is 0 Å². The average Bonchev–Trinajstić information content (AvgIpc) is 2.94. The molecule has 3 heterocycles. The van der Waals surface area contributed by atoms with Crippen LogP contribution in [-0.2, 0) is 0 Å². The van der Waals surface area contributed by atoms with Crippen molar-refractivity contribution >= 4 is 11.5 Å². The zero-order chi connectivity index (χ0) is 13.2. The van der Waals surface area contributed by atoms with Crippen LogP contribution >= 0.6 is 0 Å². The SMILES string of the molecule is CCN1CCC(N(C)c2ccc3nnnn3n2)CC1. The summed E-state index contributed by atoms with van der Waals surface area (Å²) in [6.45, 7) is 5.69. The van der Waals surface area contributed by atoms with Crippen molar-refractivity contribution in [2.24, 2.45) is 0 Å². The monoisotopic (exact) mass is 261 g/mol. The third kappa shape index (κ3) is 2.37. The molecule has 0 saturated carbocycles. The van der Waals surface area contributed by atoms with Gasteiger partial charge in [-0.2, -0.15) is 0 Å². The molecule has 0 amide bonds. The lowest BCUT2D eigenvalue weighted by Crippen LogP contribution is -2.43. The third-order valence-electron chi connectivity index (χ3n) is 3.97. The molecule has 7 heteroatoms. The summed E-state index contributed by atoms with van der Waals surface area (Å²) in [7, 11) is 2.10. The fourth-order valence-electron chi connectivity index (χ4n) is 2.64. The van der Waals surface area contributed by atoms with Crippen molar-refractivity contribution in [2.75, 3.05) is 31.6 Å². The molecule has 0 unspecified atom stereocenters. The number of aromatic nitrogens is 5. The van der Waals surface area contributed by atoms with E-state index < -0.39 is 0 Å². The molecule has 19 heavy (non-hydrogen) atoms. The summed E-state index contributed by atoms with van der Waals surface area (Å²) in [5, 5.41) is 15.8. The molecule has 0 N–H and O–H groups in total. The lowest BCUT2D eigenvalue weighted by Gasteiger charge is -2.36. The first kappa shape index (κ1) is 12.3. The number of hydrogen-bond acceptors (Lipinski definition) is 6. The van der Waals surface area contributed by atoms with Crippen LogP contribution in [0, 0.1) is 0 Å². The maximum Gasteiger partial charge on any atom is 0.200 e. The van der Waals surface area contributed by atoms with Crippen LogP contribution < -0.4 is 4.90 Å². The molecule has 0 aliphatic carbocycles. The lowest BCUT2D eigenvalue weighted by molar-refractivity contribution is 0.220. The van der Waals surface area contributed by atoms with E-state index in [0.717, 1.165) is 12.4 Å². The van der Waals surface area contributed by atoms with Gasteiger partial charge in [-0.1, -0.05) is 6.92 Å². The quantitative estimate of drug-likeness (QED) is 0.799. The van der Waals surface area contributed by atoms with Crippen molar-refractivity contribution in [3.05, 3.63) is 12.1 Å². The van der Waals surface area contributed by atoms with Crippen molar-refractivity contribution in [3.8, 4) is 0 Å². The van der Waals surface area contributed by atoms with E-state index in [1.54, 1.807) is 0 Å². The van der Waals surface area contributed by atoms with Crippen molar-refractivity contribution in [2.45, 2.75) is 25.8 Å². The molecule has 102 valence electrons. The molecule has 0 aromatic carbocycles. The molecule has 1 aliphatic rings. The molecule has 0 spiro atoms. The summed E-state index contributed by atoms with van der Waals surface area (Å²) in [6, 6.07) is 4.43. The molecule has 0 bridgehead atoms. The van der Waals surface area contributed by atoms with E-state index in [1.807, 2.05) is 12.1 Å². The Morgan fingerprint density at radius 2 is 2.11 bits per heavy atom. The maximum absolute atomic E-state index is 4.44. The molecule has 7 nitrogen and oxygen atoms in total. The van der Waals surface area contributed by atoms with E-state index >= 15 is 0 Å². The van der Waals surface area contributed by atoms with Crippen LogP contribution in [0.15, 0.2) is 12.1 Å². The van der Waals surface area contributed by atoms with Crippen LogP contribution in [0.25, 0.3) is 5.65 Å². The highest BCUT2D eigenvalue weighted by Crippen LogP contribution is 2.20. The summed E-state index contributed by atoms with van der Waals surface area (Å²) in [5.41, 5.74) is 0.679. The molecular weight excluding hydrogens is 242 g/mol. The van der Waals surface area contributed by atoms with Crippen molar-refractivity contribution in [1.29, 1.82) is 0 Å². The minimum Gasteiger partial charge on any atom is -0.355 e. The van der Waals surface area contributed by atoms with Crippen LogP contribution in [0.4, 0.5) is 5.82 Å².